The normalized spacial score (nSPS) is 31.9. The summed E-state index contributed by atoms with van der Waals surface area (Å²) in [5.41, 5.74) is 4.72. The Hall–Kier alpha value is -0.860. The summed E-state index contributed by atoms with van der Waals surface area (Å²) in [7, 11) is 0. The molecule has 1 fully saturated rings. The van der Waals surface area contributed by atoms with E-state index < -0.39 is 0 Å². The summed E-state index contributed by atoms with van der Waals surface area (Å²) in [6.45, 7) is 9.78. The number of ether oxygens (including phenoxy) is 1. The molecular weight excluding hydrogens is 246 g/mol. The third kappa shape index (κ3) is 2.19. The van der Waals surface area contributed by atoms with E-state index in [9.17, 15) is 0 Å². The molecule has 1 aromatic rings. The number of fused-ring (bicyclic) bond motifs is 1. The summed E-state index contributed by atoms with van der Waals surface area (Å²) in [5, 5.41) is 3.74. The average Bonchev–Trinajstić information content (AvgIpc) is 2.92. The first-order chi connectivity index (χ1) is 9.69. The molecule has 1 N–H and O–H groups in total. The van der Waals surface area contributed by atoms with Gasteiger partial charge in [0, 0.05) is 6.04 Å². The molecule has 0 aromatic heterocycles. The monoisotopic (exact) mass is 273 g/mol. The minimum Gasteiger partial charge on any atom is -0.372 e. The van der Waals surface area contributed by atoms with Gasteiger partial charge in [0.2, 0.25) is 0 Å². The Morgan fingerprint density at radius 1 is 1.25 bits per heavy atom. The molecule has 0 saturated heterocycles. The van der Waals surface area contributed by atoms with Gasteiger partial charge in [-0.15, -0.1) is 0 Å². The fourth-order valence-electron chi connectivity index (χ4n) is 3.91. The van der Waals surface area contributed by atoms with E-state index in [1.54, 1.807) is 0 Å². The lowest BCUT2D eigenvalue weighted by Crippen LogP contribution is -2.56. The molecule has 0 spiro atoms. The highest BCUT2D eigenvalue weighted by Crippen LogP contribution is 2.55. The Balaban J connectivity index is 1.77. The maximum absolute atomic E-state index is 5.54. The van der Waals surface area contributed by atoms with E-state index in [-0.39, 0.29) is 0 Å². The predicted molar refractivity (Wildman–Crippen MR) is 82.8 cm³/mol. The lowest BCUT2D eigenvalue weighted by Gasteiger charge is -2.55. The van der Waals surface area contributed by atoms with E-state index in [0.29, 0.717) is 17.4 Å². The quantitative estimate of drug-likeness (QED) is 0.876. The second kappa shape index (κ2) is 5.50. The fourth-order valence-corrected chi connectivity index (χ4v) is 3.91. The highest BCUT2D eigenvalue weighted by atomic mass is 16.5. The third-order valence-corrected chi connectivity index (χ3v) is 5.61. The van der Waals surface area contributed by atoms with Gasteiger partial charge in [-0.2, -0.15) is 0 Å². The van der Waals surface area contributed by atoms with Gasteiger partial charge in [-0.25, -0.2) is 0 Å². The van der Waals surface area contributed by atoms with Crippen LogP contribution in [0.15, 0.2) is 18.2 Å². The van der Waals surface area contributed by atoms with Crippen molar-refractivity contribution in [1.29, 1.82) is 0 Å². The minimum atomic E-state index is 0.406. The molecule has 1 saturated carbocycles. The molecule has 1 aliphatic carbocycles. The lowest BCUT2D eigenvalue weighted by atomic mass is 9.54. The van der Waals surface area contributed by atoms with Crippen molar-refractivity contribution in [3.63, 3.8) is 0 Å². The van der Waals surface area contributed by atoms with Crippen molar-refractivity contribution >= 4 is 0 Å². The fraction of sp³-hybridized carbons (Fsp3) is 0.667. The van der Waals surface area contributed by atoms with E-state index in [4.69, 9.17) is 4.74 Å². The first kappa shape index (κ1) is 14.1. The van der Waals surface area contributed by atoms with Gasteiger partial charge in [-0.1, -0.05) is 39.0 Å². The van der Waals surface area contributed by atoms with Crippen LogP contribution in [0.5, 0.6) is 0 Å². The smallest absolute Gasteiger partial charge is 0.0725 e. The molecule has 3 unspecified atom stereocenters. The largest absolute Gasteiger partial charge is 0.372 e. The lowest BCUT2D eigenvalue weighted by molar-refractivity contribution is 0.0444. The maximum atomic E-state index is 5.54. The van der Waals surface area contributed by atoms with Crippen molar-refractivity contribution < 1.29 is 4.74 Å². The number of hydrogen-bond acceptors (Lipinski definition) is 2. The van der Waals surface area contributed by atoms with Crippen LogP contribution in [0.2, 0.25) is 0 Å². The van der Waals surface area contributed by atoms with Gasteiger partial charge in [0.05, 0.1) is 13.2 Å². The molecule has 0 amide bonds. The van der Waals surface area contributed by atoms with Crippen LogP contribution < -0.4 is 5.32 Å². The molecule has 1 heterocycles. The number of nitrogens with one attached hydrogen (secondary N) is 1. The van der Waals surface area contributed by atoms with Crippen molar-refractivity contribution in [2.24, 2.45) is 5.41 Å². The summed E-state index contributed by atoms with van der Waals surface area (Å²) in [6.07, 6.45) is 3.74. The first-order valence-corrected chi connectivity index (χ1v) is 8.12. The second-order valence-corrected chi connectivity index (χ2v) is 6.68. The molecule has 20 heavy (non-hydrogen) atoms. The van der Waals surface area contributed by atoms with Crippen molar-refractivity contribution in [3.05, 3.63) is 34.9 Å². The van der Waals surface area contributed by atoms with Gasteiger partial charge in [0.15, 0.2) is 0 Å². The van der Waals surface area contributed by atoms with Crippen molar-refractivity contribution in [1.82, 2.24) is 5.32 Å². The summed E-state index contributed by atoms with van der Waals surface area (Å²) >= 11 is 0. The van der Waals surface area contributed by atoms with Crippen molar-refractivity contribution in [2.75, 3.05) is 6.54 Å². The predicted octanol–water partition coefficient (Wildman–Crippen LogP) is 3.99. The van der Waals surface area contributed by atoms with Crippen LogP contribution in [0.4, 0.5) is 0 Å². The maximum Gasteiger partial charge on any atom is 0.0725 e. The minimum absolute atomic E-state index is 0.406. The van der Waals surface area contributed by atoms with Gasteiger partial charge in [-0.3, -0.25) is 0 Å². The van der Waals surface area contributed by atoms with Gasteiger partial charge >= 0.3 is 0 Å². The van der Waals surface area contributed by atoms with Crippen LogP contribution in [0.3, 0.4) is 0 Å². The zero-order chi connectivity index (χ0) is 14.2. The van der Waals surface area contributed by atoms with Crippen LogP contribution in [0, 0.1) is 5.41 Å². The van der Waals surface area contributed by atoms with Gasteiger partial charge < -0.3 is 10.1 Å². The Labute approximate surface area is 122 Å². The van der Waals surface area contributed by atoms with Crippen LogP contribution >= 0.6 is 0 Å². The molecule has 1 aromatic carbocycles. The summed E-state index contributed by atoms with van der Waals surface area (Å²) in [4.78, 5) is 0. The first-order valence-electron chi connectivity index (χ1n) is 8.12. The zero-order valence-electron chi connectivity index (χ0n) is 13.0. The molecule has 0 bridgehead atoms. The summed E-state index contributed by atoms with van der Waals surface area (Å²) < 4.78 is 5.54. The topological polar surface area (TPSA) is 21.3 Å². The number of rotatable bonds is 5. The highest BCUT2D eigenvalue weighted by molar-refractivity contribution is 5.37. The van der Waals surface area contributed by atoms with Crippen molar-refractivity contribution in [3.8, 4) is 0 Å². The second-order valence-electron chi connectivity index (χ2n) is 6.68. The molecule has 2 nitrogen and oxygen atoms in total. The number of hydrogen-bond donors (Lipinski definition) is 1. The van der Waals surface area contributed by atoms with Gasteiger partial charge in [0.25, 0.3) is 0 Å². The summed E-state index contributed by atoms with van der Waals surface area (Å²) in [5.74, 6) is 0.702. The average molecular weight is 273 g/mol. The highest BCUT2D eigenvalue weighted by Gasteiger charge is 2.50. The zero-order valence-corrected chi connectivity index (χ0v) is 13.0. The number of benzene rings is 1. The van der Waals surface area contributed by atoms with Gasteiger partial charge in [-0.05, 0) is 53.8 Å². The molecule has 1 aliphatic heterocycles. The van der Waals surface area contributed by atoms with E-state index in [1.807, 2.05) is 0 Å². The van der Waals surface area contributed by atoms with Gasteiger partial charge in [0.1, 0.15) is 0 Å². The molecule has 110 valence electrons. The SMILES string of the molecule is CCCNC1CC(c2ccc3c(c2)COC3)C1(C)CC. The Bertz CT molecular complexity index is 484. The molecule has 0 radical (unpaired) electrons. The van der Waals surface area contributed by atoms with Crippen LogP contribution in [0.1, 0.15) is 62.6 Å². The van der Waals surface area contributed by atoms with Crippen LogP contribution in [-0.2, 0) is 18.0 Å². The Morgan fingerprint density at radius 3 is 2.80 bits per heavy atom. The van der Waals surface area contributed by atoms with E-state index in [1.165, 1.54) is 36.0 Å². The Kier molecular flexibility index (Phi) is 3.87. The van der Waals surface area contributed by atoms with Crippen molar-refractivity contribution in [2.45, 2.75) is 65.2 Å². The molecular formula is C18H27NO. The van der Waals surface area contributed by atoms with E-state index in [0.717, 1.165) is 19.8 Å². The third-order valence-electron chi connectivity index (χ3n) is 5.61. The Morgan fingerprint density at radius 2 is 2.05 bits per heavy atom. The van der Waals surface area contributed by atoms with E-state index >= 15 is 0 Å². The molecule has 3 atom stereocenters. The molecule has 2 heteroatoms. The molecule has 3 rings (SSSR count). The summed E-state index contributed by atoms with van der Waals surface area (Å²) in [6, 6.07) is 7.70. The van der Waals surface area contributed by atoms with E-state index in [2.05, 4.69) is 44.3 Å². The van der Waals surface area contributed by atoms with Crippen LogP contribution in [0.25, 0.3) is 0 Å². The van der Waals surface area contributed by atoms with Crippen LogP contribution in [-0.4, -0.2) is 12.6 Å². The standard InChI is InChI=1S/C18H27NO/c1-4-8-19-17-10-16(18(17,3)5-2)13-6-7-14-11-20-12-15(14)9-13/h6-7,9,16-17,19H,4-5,8,10-12H2,1-3H3. The molecule has 2 aliphatic rings.